The number of urea groups is 1. The molecule has 1 aromatic heterocycles. The van der Waals surface area contributed by atoms with E-state index in [0.29, 0.717) is 21.4 Å². The fraction of sp³-hybridized carbons (Fsp3) is 0.452. The SMILES string of the molecule is CCCCN1CCC(Oc2ccc(C(=O)Nc3ncc(Oc4ccc(NC(=O)NC(CC)CC)cc4F)s3)cc2)CC1. The number of amides is 3. The molecule has 226 valence electrons. The molecule has 0 spiro atoms. The summed E-state index contributed by atoms with van der Waals surface area (Å²) in [5, 5.41) is 8.85. The van der Waals surface area contributed by atoms with Crippen molar-refractivity contribution in [2.75, 3.05) is 30.3 Å². The summed E-state index contributed by atoms with van der Waals surface area (Å²) in [5.41, 5.74) is 0.779. The highest BCUT2D eigenvalue weighted by Crippen LogP contribution is 2.33. The Bertz CT molecular complexity index is 1310. The number of likely N-dealkylation sites (tertiary alicyclic amines) is 1. The third kappa shape index (κ3) is 9.15. The van der Waals surface area contributed by atoms with Gasteiger partial charge in [0, 0.05) is 36.4 Å². The number of hydrogen-bond donors (Lipinski definition) is 3. The number of aromatic nitrogens is 1. The predicted molar refractivity (Wildman–Crippen MR) is 165 cm³/mol. The molecule has 3 aromatic rings. The summed E-state index contributed by atoms with van der Waals surface area (Å²) in [6, 6.07) is 10.9. The average molecular weight is 598 g/mol. The van der Waals surface area contributed by atoms with Crippen molar-refractivity contribution in [3.8, 4) is 16.6 Å². The maximum Gasteiger partial charge on any atom is 0.319 e. The van der Waals surface area contributed by atoms with Crippen LogP contribution in [0.2, 0.25) is 0 Å². The Balaban J connectivity index is 1.25. The van der Waals surface area contributed by atoms with Crippen LogP contribution in [0.4, 0.5) is 20.0 Å². The molecule has 0 radical (unpaired) electrons. The number of carbonyl (C=O) groups excluding carboxylic acids is 2. The summed E-state index contributed by atoms with van der Waals surface area (Å²) in [6.45, 7) is 9.45. The Morgan fingerprint density at radius 1 is 1.07 bits per heavy atom. The molecule has 0 unspecified atom stereocenters. The maximum absolute atomic E-state index is 14.7. The number of thiazole rings is 1. The second-order valence-corrected chi connectivity index (χ2v) is 11.3. The first-order chi connectivity index (χ1) is 20.4. The van der Waals surface area contributed by atoms with Crippen molar-refractivity contribution < 1.29 is 23.5 Å². The molecule has 0 saturated carbocycles. The highest BCUT2D eigenvalue weighted by Gasteiger charge is 2.20. The zero-order chi connectivity index (χ0) is 29.9. The van der Waals surface area contributed by atoms with E-state index in [4.69, 9.17) is 9.47 Å². The first-order valence-corrected chi connectivity index (χ1v) is 15.5. The van der Waals surface area contributed by atoms with Gasteiger partial charge in [0.15, 0.2) is 16.7 Å². The minimum atomic E-state index is -0.640. The Kier molecular flexibility index (Phi) is 11.5. The van der Waals surface area contributed by atoms with Gasteiger partial charge in [0.25, 0.3) is 5.91 Å². The normalized spacial score (nSPS) is 14.0. The number of unbranched alkanes of at least 4 members (excludes halogenated alkanes) is 1. The molecule has 4 rings (SSSR count). The van der Waals surface area contributed by atoms with Gasteiger partial charge in [-0.05, 0) is 75.0 Å². The molecule has 11 heteroatoms. The average Bonchev–Trinajstić information content (AvgIpc) is 3.43. The van der Waals surface area contributed by atoms with Gasteiger partial charge < -0.3 is 25.0 Å². The fourth-order valence-electron chi connectivity index (χ4n) is 4.66. The third-order valence-electron chi connectivity index (χ3n) is 7.21. The molecule has 1 fully saturated rings. The van der Waals surface area contributed by atoms with Crippen LogP contribution in [0, 0.1) is 5.82 Å². The first-order valence-electron chi connectivity index (χ1n) is 14.7. The van der Waals surface area contributed by atoms with Crippen LogP contribution in [0.5, 0.6) is 16.6 Å². The molecule has 1 aliphatic heterocycles. The van der Waals surface area contributed by atoms with Crippen molar-refractivity contribution in [2.45, 2.75) is 71.4 Å². The Morgan fingerprint density at radius 2 is 1.81 bits per heavy atom. The second-order valence-electron chi connectivity index (χ2n) is 10.3. The smallest absolute Gasteiger partial charge is 0.319 e. The van der Waals surface area contributed by atoms with E-state index in [0.717, 1.165) is 62.4 Å². The quantitative estimate of drug-likeness (QED) is 0.191. The van der Waals surface area contributed by atoms with E-state index in [1.54, 1.807) is 18.2 Å². The fourth-order valence-corrected chi connectivity index (χ4v) is 5.34. The van der Waals surface area contributed by atoms with Gasteiger partial charge in [0.2, 0.25) is 5.06 Å². The minimum Gasteiger partial charge on any atom is -0.490 e. The van der Waals surface area contributed by atoms with E-state index in [-0.39, 0.29) is 29.8 Å². The maximum atomic E-state index is 14.7. The number of nitrogens with zero attached hydrogens (tertiary/aromatic N) is 2. The largest absolute Gasteiger partial charge is 0.490 e. The summed E-state index contributed by atoms with van der Waals surface area (Å²) >= 11 is 1.08. The Hall–Kier alpha value is -3.70. The predicted octanol–water partition coefficient (Wildman–Crippen LogP) is 7.28. The summed E-state index contributed by atoms with van der Waals surface area (Å²) in [5.74, 6) is -0.234. The molecule has 0 bridgehead atoms. The summed E-state index contributed by atoms with van der Waals surface area (Å²) in [6.07, 6.45) is 7.66. The molecule has 0 aliphatic carbocycles. The summed E-state index contributed by atoms with van der Waals surface area (Å²) in [7, 11) is 0. The van der Waals surface area contributed by atoms with E-state index in [1.165, 1.54) is 31.2 Å². The van der Waals surface area contributed by atoms with Crippen LogP contribution >= 0.6 is 11.3 Å². The van der Waals surface area contributed by atoms with Crippen molar-refractivity contribution in [1.29, 1.82) is 0 Å². The van der Waals surface area contributed by atoms with Gasteiger partial charge >= 0.3 is 6.03 Å². The van der Waals surface area contributed by atoms with Gasteiger partial charge in [-0.15, -0.1) is 0 Å². The van der Waals surface area contributed by atoms with Gasteiger partial charge in [-0.1, -0.05) is 38.5 Å². The molecule has 2 aromatic carbocycles. The molecule has 2 heterocycles. The number of anilines is 2. The van der Waals surface area contributed by atoms with Crippen LogP contribution in [-0.2, 0) is 0 Å². The number of ether oxygens (including phenoxy) is 2. The van der Waals surface area contributed by atoms with Crippen molar-refractivity contribution in [3.63, 3.8) is 0 Å². The number of piperidine rings is 1. The number of carbonyl (C=O) groups is 2. The van der Waals surface area contributed by atoms with E-state index >= 15 is 0 Å². The van der Waals surface area contributed by atoms with Gasteiger partial charge in [0.05, 0.1) is 6.20 Å². The van der Waals surface area contributed by atoms with Gasteiger partial charge in [0.1, 0.15) is 11.9 Å². The Labute approximate surface area is 250 Å². The third-order valence-corrected chi connectivity index (χ3v) is 8.00. The zero-order valence-corrected chi connectivity index (χ0v) is 25.3. The lowest BCUT2D eigenvalue weighted by atomic mass is 10.1. The molecule has 0 atom stereocenters. The standard InChI is InChI=1S/C31H40FN5O4S/c1-4-7-16-37-17-14-25(15-18-37)40-24-11-8-21(9-12-24)29(38)36-31-33-20-28(42-31)41-27-13-10-23(19-26(27)32)35-30(39)34-22(5-2)6-3/h8-13,19-20,22,25H,4-7,14-18H2,1-3H3,(H,33,36,38)(H2,34,35,39). The number of halogens is 1. The van der Waals surface area contributed by atoms with Gasteiger partial charge in [-0.25, -0.2) is 14.2 Å². The van der Waals surface area contributed by atoms with Gasteiger partial charge in [-0.2, -0.15) is 0 Å². The number of rotatable bonds is 13. The van der Waals surface area contributed by atoms with Crippen molar-refractivity contribution in [1.82, 2.24) is 15.2 Å². The molecule has 1 saturated heterocycles. The minimum absolute atomic E-state index is 0.0234. The molecular weight excluding hydrogens is 557 g/mol. The van der Waals surface area contributed by atoms with Crippen LogP contribution in [-0.4, -0.2) is 53.6 Å². The topological polar surface area (TPSA) is 105 Å². The Morgan fingerprint density at radius 3 is 2.48 bits per heavy atom. The van der Waals surface area contributed by atoms with Crippen LogP contribution in [0.3, 0.4) is 0 Å². The zero-order valence-electron chi connectivity index (χ0n) is 24.5. The highest BCUT2D eigenvalue weighted by atomic mass is 32.1. The van der Waals surface area contributed by atoms with Crippen LogP contribution in [0.1, 0.15) is 69.7 Å². The molecule has 42 heavy (non-hydrogen) atoms. The van der Waals surface area contributed by atoms with E-state index < -0.39 is 5.82 Å². The van der Waals surface area contributed by atoms with E-state index in [1.807, 2.05) is 26.0 Å². The van der Waals surface area contributed by atoms with E-state index in [2.05, 4.69) is 32.8 Å². The number of benzene rings is 2. The molecule has 3 amide bonds. The molecule has 3 N–H and O–H groups in total. The number of hydrogen-bond acceptors (Lipinski definition) is 7. The molecule has 1 aliphatic rings. The highest BCUT2D eigenvalue weighted by molar-refractivity contribution is 7.17. The first kappa shape index (κ1) is 31.2. The van der Waals surface area contributed by atoms with Crippen LogP contribution in [0.15, 0.2) is 48.7 Å². The van der Waals surface area contributed by atoms with E-state index in [9.17, 15) is 14.0 Å². The van der Waals surface area contributed by atoms with Crippen LogP contribution in [0.25, 0.3) is 0 Å². The van der Waals surface area contributed by atoms with Crippen LogP contribution < -0.4 is 25.4 Å². The molecular formula is C31H40FN5O4S. The summed E-state index contributed by atoms with van der Waals surface area (Å²) < 4.78 is 26.4. The lowest BCUT2D eigenvalue weighted by Gasteiger charge is -2.32. The second kappa shape index (κ2) is 15.5. The summed E-state index contributed by atoms with van der Waals surface area (Å²) in [4.78, 5) is 31.6. The van der Waals surface area contributed by atoms with Crippen molar-refractivity contribution in [3.05, 3.63) is 60.0 Å². The van der Waals surface area contributed by atoms with Gasteiger partial charge in [-0.3, -0.25) is 10.1 Å². The lowest BCUT2D eigenvalue weighted by Crippen LogP contribution is -2.38. The van der Waals surface area contributed by atoms with Crippen molar-refractivity contribution in [2.24, 2.45) is 0 Å². The number of nitrogens with one attached hydrogen (secondary N) is 3. The monoisotopic (exact) mass is 597 g/mol. The van der Waals surface area contributed by atoms with Crippen molar-refractivity contribution >= 4 is 34.1 Å². The lowest BCUT2D eigenvalue weighted by molar-refractivity contribution is 0.0996. The molecule has 9 nitrogen and oxygen atoms in total.